The number of nitrogens with one attached hydrogen (secondary N) is 2. The zero-order valence-corrected chi connectivity index (χ0v) is 13.2. The van der Waals surface area contributed by atoms with Crippen LogP contribution in [-0.2, 0) is 4.74 Å². The first-order chi connectivity index (χ1) is 11.5. The molecule has 122 valence electrons. The summed E-state index contributed by atoms with van der Waals surface area (Å²) < 4.78 is 5.07. The van der Waals surface area contributed by atoms with Crippen LogP contribution in [0, 0.1) is 13.8 Å². The normalized spacial score (nSPS) is 10.8. The smallest absolute Gasteiger partial charge is 0.359 e. The summed E-state index contributed by atoms with van der Waals surface area (Å²) in [6.45, 7) is 3.22. The summed E-state index contributed by atoms with van der Waals surface area (Å²) in [5, 5.41) is 6.73. The Kier molecular flexibility index (Phi) is 3.99. The van der Waals surface area contributed by atoms with Crippen molar-refractivity contribution in [3.05, 3.63) is 63.3 Å². The van der Waals surface area contributed by atoms with Crippen LogP contribution < -0.4 is 5.56 Å². The van der Waals surface area contributed by atoms with Crippen LogP contribution in [0.2, 0.25) is 0 Å². The number of benzene rings is 1. The van der Waals surface area contributed by atoms with E-state index < -0.39 is 18.1 Å². The second-order valence-corrected chi connectivity index (χ2v) is 5.44. The van der Waals surface area contributed by atoms with Crippen LogP contribution in [-0.4, -0.2) is 33.5 Å². The van der Waals surface area contributed by atoms with Crippen molar-refractivity contribution in [2.24, 2.45) is 0 Å². The molecular weight excluding hydrogens is 310 g/mol. The largest absolute Gasteiger partial charge is 0.452 e. The standard InChI is InChI=1S/C17H15N3O4/c1-9-7-13(10(2)18-9)14(21)8-24-17(23)15-11-5-3-4-6-12(11)16(22)20-19-15/h3-7,18H,8H2,1-2H3,(H,20,22). The number of H-pyrrole nitrogens is 2. The summed E-state index contributed by atoms with van der Waals surface area (Å²) in [5.41, 5.74) is 1.65. The number of carbonyl (C=O) groups is 2. The molecule has 0 spiro atoms. The fourth-order valence-electron chi connectivity index (χ4n) is 2.56. The molecular formula is C17H15N3O4. The van der Waals surface area contributed by atoms with Crippen molar-refractivity contribution in [1.82, 2.24) is 15.2 Å². The van der Waals surface area contributed by atoms with E-state index in [1.54, 1.807) is 37.3 Å². The van der Waals surface area contributed by atoms with E-state index in [-0.39, 0.29) is 11.5 Å². The van der Waals surface area contributed by atoms with Gasteiger partial charge in [0.15, 0.2) is 12.3 Å². The highest BCUT2D eigenvalue weighted by atomic mass is 16.5. The van der Waals surface area contributed by atoms with Gasteiger partial charge in [0.05, 0.1) is 5.39 Å². The van der Waals surface area contributed by atoms with E-state index in [2.05, 4.69) is 15.2 Å². The van der Waals surface area contributed by atoms with E-state index in [1.165, 1.54) is 0 Å². The van der Waals surface area contributed by atoms with Gasteiger partial charge in [-0.1, -0.05) is 18.2 Å². The predicted octanol–water partition coefficient (Wildman–Crippen LogP) is 1.91. The maximum Gasteiger partial charge on any atom is 0.359 e. The molecule has 0 fully saturated rings. The lowest BCUT2D eigenvalue weighted by atomic mass is 10.1. The van der Waals surface area contributed by atoms with Crippen LogP contribution in [0.1, 0.15) is 32.2 Å². The molecule has 0 aliphatic carbocycles. The van der Waals surface area contributed by atoms with Gasteiger partial charge in [-0.3, -0.25) is 9.59 Å². The molecule has 0 unspecified atom stereocenters. The molecule has 0 saturated carbocycles. The Labute approximate surface area is 136 Å². The second-order valence-electron chi connectivity index (χ2n) is 5.44. The maximum absolute atomic E-state index is 12.2. The van der Waals surface area contributed by atoms with Crippen LogP contribution in [0.5, 0.6) is 0 Å². The number of ketones is 1. The zero-order valence-electron chi connectivity index (χ0n) is 13.2. The van der Waals surface area contributed by atoms with Crippen molar-refractivity contribution < 1.29 is 14.3 Å². The van der Waals surface area contributed by atoms with Crippen LogP contribution in [0.15, 0.2) is 35.1 Å². The molecule has 2 heterocycles. The highest BCUT2D eigenvalue weighted by Gasteiger charge is 2.18. The van der Waals surface area contributed by atoms with Crippen LogP contribution in [0.4, 0.5) is 0 Å². The number of esters is 1. The van der Waals surface area contributed by atoms with Gasteiger partial charge in [0, 0.05) is 22.3 Å². The molecule has 2 aromatic heterocycles. The van der Waals surface area contributed by atoms with Crippen LogP contribution in [0.3, 0.4) is 0 Å². The average molecular weight is 325 g/mol. The highest BCUT2D eigenvalue weighted by molar-refractivity contribution is 6.04. The lowest BCUT2D eigenvalue weighted by molar-refractivity contribution is 0.0469. The van der Waals surface area contributed by atoms with Crippen molar-refractivity contribution >= 4 is 22.5 Å². The van der Waals surface area contributed by atoms with E-state index >= 15 is 0 Å². The zero-order chi connectivity index (χ0) is 17.3. The summed E-state index contributed by atoms with van der Waals surface area (Å²) in [6, 6.07) is 8.28. The van der Waals surface area contributed by atoms with Gasteiger partial charge in [-0.05, 0) is 26.0 Å². The van der Waals surface area contributed by atoms with E-state index in [4.69, 9.17) is 4.74 Å². The van der Waals surface area contributed by atoms with Crippen molar-refractivity contribution in [2.75, 3.05) is 6.61 Å². The first-order valence-electron chi connectivity index (χ1n) is 7.31. The lowest BCUT2D eigenvalue weighted by Gasteiger charge is -2.05. The third-order valence-corrected chi connectivity index (χ3v) is 3.67. The van der Waals surface area contributed by atoms with Crippen molar-refractivity contribution in [3.8, 4) is 0 Å². The molecule has 0 aliphatic heterocycles. The number of fused-ring (bicyclic) bond motifs is 1. The molecule has 0 atom stereocenters. The van der Waals surface area contributed by atoms with Gasteiger partial charge in [0.2, 0.25) is 5.78 Å². The molecule has 24 heavy (non-hydrogen) atoms. The maximum atomic E-state index is 12.2. The average Bonchev–Trinajstić information content (AvgIpc) is 2.91. The number of aromatic amines is 2. The van der Waals surface area contributed by atoms with Crippen LogP contribution >= 0.6 is 0 Å². The number of carbonyl (C=O) groups excluding carboxylic acids is 2. The van der Waals surface area contributed by atoms with Crippen molar-refractivity contribution in [3.63, 3.8) is 0 Å². The Hall–Kier alpha value is -3.22. The van der Waals surface area contributed by atoms with E-state index in [9.17, 15) is 14.4 Å². The number of hydrogen-bond acceptors (Lipinski definition) is 5. The second kappa shape index (κ2) is 6.11. The van der Waals surface area contributed by atoms with Gasteiger partial charge < -0.3 is 9.72 Å². The monoisotopic (exact) mass is 325 g/mol. The Morgan fingerprint density at radius 2 is 1.88 bits per heavy atom. The molecule has 0 amide bonds. The minimum Gasteiger partial charge on any atom is -0.452 e. The number of aromatic nitrogens is 3. The summed E-state index contributed by atoms with van der Waals surface area (Å²) in [6.07, 6.45) is 0. The van der Waals surface area contributed by atoms with Gasteiger partial charge in [-0.25, -0.2) is 9.89 Å². The molecule has 7 heteroatoms. The lowest BCUT2D eigenvalue weighted by Crippen LogP contribution is -2.19. The predicted molar refractivity (Wildman–Crippen MR) is 87.2 cm³/mol. The third kappa shape index (κ3) is 2.83. The molecule has 0 radical (unpaired) electrons. The number of aryl methyl sites for hydroxylation is 2. The molecule has 3 aromatic rings. The molecule has 0 saturated heterocycles. The van der Waals surface area contributed by atoms with Gasteiger partial charge >= 0.3 is 5.97 Å². The Morgan fingerprint density at radius 3 is 2.54 bits per heavy atom. The Bertz CT molecular complexity index is 1000. The van der Waals surface area contributed by atoms with Gasteiger partial charge in [-0.15, -0.1) is 0 Å². The number of nitrogens with zero attached hydrogens (tertiary/aromatic N) is 1. The Morgan fingerprint density at radius 1 is 1.17 bits per heavy atom. The minimum absolute atomic E-state index is 0.0278. The van der Waals surface area contributed by atoms with E-state index in [0.717, 1.165) is 11.4 Å². The molecule has 3 rings (SSSR count). The summed E-state index contributed by atoms with van der Waals surface area (Å²) in [4.78, 5) is 39.1. The Balaban J connectivity index is 1.81. The molecule has 0 bridgehead atoms. The highest BCUT2D eigenvalue weighted by Crippen LogP contribution is 2.14. The van der Waals surface area contributed by atoms with Gasteiger partial charge in [0.1, 0.15) is 0 Å². The minimum atomic E-state index is -0.763. The van der Waals surface area contributed by atoms with E-state index in [1.807, 2.05) is 6.92 Å². The molecule has 7 nitrogen and oxygen atoms in total. The number of Topliss-reactive ketones (excluding diaryl/α,β-unsaturated/α-hetero) is 1. The first kappa shape index (κ1) is 15.7. The topological polar surface area (TPSA) is 105 Å². The van der Waals surface area contributed by atoms with E-state index in [0.29, 0.717) is 16.3 Å². The molecule has 0 aliphatic rings. The molecule has 1 aromatic carbocycles. The fourth-order valence-corrected chi connectivity index (χ4v) is 2.56. The summed E-state index contributed by atoms with van der Waals surface area (Å²) in [7, 11) is 0. The number of ether oxygens (including phenoxy) is 1. The van der Waals surface area contributed by atoms with Crippen molar-refractivity contribution in [2.45, 2.75) is 13.8 Å². The first-order valence-corrected chi connectivity index (χ1v) is 7.31. The summed E-state index contributed by atoms with van der Waals surface area (Å²) >= 11 is 0. The van der Waals surface area contributed by atoms with Gasteiger partial charge in [-0.2, -0.15) is 5.10 Å². The number of rotatable bonds is 4. The fraction of sp³-hybridized carbons (Fsp3) is 0.176. The van der Waals surface area contributed by atoms with Crippen molar-refractivity contribution in [1.29, 1.82) is 0 Å². The van der Waals surface area contributed by atoms with Gasteiger partial charge in [0.25, 0.3) is 5.56 Å². The number of hydrogen-bond donors (Lipinski definition) is 2. The summed E-state index contributed by atoms with van der Waals surface area (Å²) in [5.74, 6) is -1.07. The SMILES string of the molecule is Cc1cc(C(=O)COC(=O)c2n[nH]c(=O)c3ccccc23)c(C)[nH]1. The van der Waals surface area contributed by atoms with Crippen LogP contribution in [0.25, 0.3) is 10.8 Å². The molecule has 2 N–H and O–H groups in total. The quantitative estimate of drug-likeness (QED) is 0.563. The third-order valence-electron chi connectivity index (χ3n) is 3.67.